The molecule has 18 heteroatoms. The Morgan fingerprint density at radius 2 is 1.27 bits per heavy atom. The van der Waals surface area contributed by atoms with Gasteiger partial charge >= 0.3 is 0 Å². The molecule has 0 atom stereocenters. The van der Waals surface area contributed by atoms with E-state index in [0.717, 1.165) is 16.6 Å². The Morgan fingerprint density at radius 3 is 1.77 bits per heavy atom. The van der Waals surface area contributed by atoms with E-state index < -0.39 is 17.7 Å². The van der Waals surface area contributed by atoms with E-state index in [-0.39, 0.29) is 41.8 Å². The Hall–Kier alpha value is -5.87. The van der Waals surface area contributed by atoms with E-state index in [4.69, 9.17) is 34.1 Å². The zero-order valence-corrected chi connectivity index (χ0v) is 30.2. The van der Waals surface area contributed by atoms with Crippen LogP contribution in [0.25, 0.3) is 10.9 Å². The van der Waals surface area contributed by atoms with Crippen molar-refractivity contribution in [2.24, 2.45) is 32.0 Å². The molecule has 5 rings (SSSR count). The van der Waals surface area contributed by atoms with Crippen molar-refractivity contribution in [1.29, 1.82) is 0 Å². The lowest BCUT2D eigenvalue weighted by Crippen LogP contribution is -2.29. The lowest BCUT2D eigenvalue weighted by molar-refractivity contribution is 0.0944. The second kappa shape index (κ2) is 16.4. The first kappa shape index (κ1) is 37.4. The lowest BCUT2D eigenvalue weighted by Gasteiger charge is -2.22. The summed E-state index contributed by atoms with van der Waals surface area (Å²) in [6.07, 6.45) is 4.98. The first-order valence-electron chi connectivity index (χ1n) is 16.1. The smallest absolute Gasteiger partial charge is 0.272 e. The molecule has 274 valence electrons. The number of amides is 4. The average molecular weight is 753 g/mol. The number of hydrogen-bond donors (Lipinski definition) is 7. The largest absolute Gasteiger partial charge is 0.409 e. The summed E-state index contributed by atoms with van der Waals surface area (Å²) in [5.41, 5.74) is 9.50. The maximum absolute atomic E-state index is 13.3. The van der Waals surface area contributed by atoms with Crippen LogP contribution in [0, 0.1) is 0 Å². The number of nitrogens with one attached hydrogen (secondary N) is 5. The number of oxime groups is 1. The summed E-state index contributed by atoms with van der Waals surface area (Å²) in [7, 11) is 5.00. The normalized spacial score (nSPS) is 11.4. The monoisotopic (exact) mass is 751 g/mol. The van der Waals surface area contributed by atoms with E-state index in [0.29, 0.717) is 47.6 Å². The van der Waals surface area contributed by atoms with E-state index >= 15 is 0 Å². The molecule has 0 unspecified atom stereocenters. The third kappa shape index (κ3) is 8.70. The van der Waals surface area contributed by atoms with Crippen LogP contribution in [-0.2, 0) is 21.1 Å². The Labute approximate surface area is 308 Å². The fourth-order valence-corrected chi connectivity index (χ4v) is 6.03. The molecule has 4 aromatic heterocycles. The van der Waals surface area contributed by atoms with Gasteiger partial charge in [-0.15, -0.1) is 23.2 Å². The summed E-state index contributed by atoms with van der Waals surface area (Å²) in [5, 5.41) is 23.4. The van der Waals surface area contributed by atoms with E-state index in [1.807, 2.05) is 18.2 Å². The molecular formula is C34H39Cl2N11O5. The molecule has 52 heavy (non-hydrogen) atoms. The molecule has 0 saturated heterocycles. The number of carbonyl (C=O) groups excluding carboxylic acids is 4. The third-order valence-electron chi connectivity index (χ3n) is 8.20. The quantitative estimate of drug-likeness (QED) is 0.0274. The van der Waals surface area contributed by atoms with Crippen molar-refractivity contribution in [2.45, 2.75) is 6.42 Å². The number of H-pyrrole nitrogens is 1. The summed E-state index contributed by atoms with van der Waals surface area (Å²) < 4.78 is 4.70. The number of nitrogens with two attached hydrogens (primary N) is 1. The zero-order valence-electron chi connectivity index (χ0n) is 28.7. The van der Waals surface area contributed by atoms with Gasteiger partial charge in [0.1, 0.15) is 28.6 Å². The molecule has 5 aromatic rings. The minimum Gasteiger partial charge on any atom is -0.409 e. The second-order valence-electron chi connectivity index (χ2n) is 12.0. The van der Waals surface area contributed by atoms with Crippen LogP contribution in [0.2, 0.25) is 0 Å². The highest BCUT2D eigenvalue weighted by Gasteiger charge is 2.20. The van der Waals surface area contributed by atoms with Crippen molar-refractivity contribution >= 4 is 86.3 Å². The van der Waals surface area contributed by atoms with Crippen LogP contribution in [0.1, 0.15) is 48.4 Å². The van der Waals surface area contributed by atoms with Gasteiger partial charge in [0.15, 0.2) is 0 Å². The topological polar surface area (TPSA) is 209 Å². The number of carbonyl (C=O) groups is 4. The molecule has 0 aliphatic rings. The average Bonchev–Trinajstić information content (AvgIpc) is 3.89. The highest BCUT2D eigenvalue weighted by molar-refractivity contribution is 6.18. The molecular weight excluding hydrogens is 713 g/mol. The maximum atomic E-state index is 13.3. The van der Waals surface area contributed by atoms with Gasteiger partial charge in [-0.05, 0) is 42.5 Å². The van der Waals surface area contributed by atoms with Crippen LogP contribution in [-0.4, -0.2) is 84.8 Å². The predicted molar refractivity (Wildman–Crippen MR) is 202 cm³/mol. The van der Waals surface area contributed by atoms with E-state index in [9.17, 15) is 19.2 Å². The first-order chi connectivity index (χ1) is 24.9. The van der Waals surface area contributed by atoms with Crippen LogP contribution >= 0.6 is 23.2 Å². The molecule has 0 spiro atoms. The first-order valence-corrected chi connectivity index (χ1v) is 17.1. The van der Waals surface area contributed by atoms with E-state index in [1.165, 1.54) is 12.1 Å². The number of anilines is 4. The Bertz CT molecular complexity index is 2140. The molecule has 8 N–H and O–H groups in total. The molecule has 0 fully saturated rings. The minimum absolute atomic E-state index is 0.0119. The van der Waals surface area contributed by atoms with Crippen LogP contribution < -0.4 is 31.9 Å². The number of fused-ring (bicyclic) bond motifs is 1. The fourth-order valence-electron chi connectivity index (χ4n) is 5.62. The van der Waals surface area contributed by atoms with Gasteiger partial charge in [-0.2, -0.15) is 0 Å². The maximum Gasteiger partial charge on any atom is 0.272 e. The molecule has 0 saturated carbocycles. The van der Waals surface area contributed by atoms with Crippen molar-refractivity contribution in [1.82, 2.24) is 24.0 Å². The molecule has 0 bridgehead atoms. The molecule has 4 heterocycles. The molecule has 0 radical (unpaired) electrons. The number of aryl methyl sites for hydroxylation is 3. The van der Waals surface area contributed by atoms with Crippen molar-refractivity contribution in [2.75, 3.05) is 52.2 Å². The second-order valence-corrected chi connectivity index (χ2v) is 12.7. The van der Waals surface area contributed by atoms with Crippen LogP contribution in [0.3, 0.4) is 0 Å². The number of hydrogen-bond acceptors (Lipinski definition) is 7. The molecule has 16 nitrogen and oxygen atoms in total. The van der Waals surface area contributed by atoms with Gasteiger partial charge in [0.2, 0.25) is 0 Å². The van der Waals surface area contributed by atoms with Gasteiger partial charge in [-0.1, -0.05) is 5.16 Å². The van der Waals surface area contributed by atoms with Crippen molar-refractivity contribution < 1.29 is 24.4 Å². The van der Waals surface area contributed by atoms with Gasteiger partial charge in [0.25, 0.3) is 23.6 Å². The summed E-state index contributed by atoms with van der Waals surface area (Å²) in [6, 6.07) is 12.2. The molecule has 0 aliphatic carbocycles. The number of rotatable bonds is 15. The number of halogens is 2. The Kier molecular flexibility index (Phi) is 11.8. The minimum atomic E-state index is -0.465. The lowest BCUT2D eigenvalue weighted by atomic mass is 10.2. The van der Waals surface area contributed by atoms with Crippen LogP contribution in [0.15, 0.2) is 66.2 Å². The number of alkyl halides is 2. The summed E-state index contributed by atoms with van der Waals surface area (Å²) in [5.74, 6) is -0.798. The van der Waals surface area contributed by atoms with E-state index in [1.54, 1.807) is 65.6 Å². The Balaban J connectivity index is 1.20. The number of benzene rings is 1. The number of amidine groups is 1. The van der Waals surface area contributed by atoms with Gasteiger partial charge < -0.3 is 55.8 Å². The molecule has 0 aliphatic heterocycles. The zero-order chi connectivity index (χ0) is 37.5. The predicted octanol–water partition coefficient (Wildman–Crippen LogP) is 4.09. The highest BCUT2D eigenvalue weighted by atomic mass is 35.5. The van der Waals surface area contributed by atoms with Gasteiger partial charge in [0.05, 0.1) is 17.1 Å². The van der Waals surface area contributed by atoms with Crippen molar-refractivity contribution in [3.8, 4) is 0 Å². The summed E-state index contributed by atoms with van der Waals surface area (Å²) in [6.45, 7) is 1.45. The third-order valence-corrected chi connectivity index (χ3v) is 8.54. The van der Waals surface area contributed by atoms with Crippen LogP contribution in [0.4, 0.5) is 22.7 Å². The fraction of sp³-hybridized carbons (Fsp3) is 0.265. The summed E-state index contributed by atoms with van der Waals surface area (Å²) in [4.78, 5) is 57.4. The van der Waals surface area contributed by atoms with Crippen LogP contribution in [0.5, 0.6) is 0 Å². The highest BCUT2D eigenvalue weighted by Crippen LogP contribution is 2.25. The standard InChI is InChI=1S/C34H39Cl2N11O5/c1-44-18-22(14-27(44)32(49)38-9-6-30(37)43-52)40-34(51)29-16-23(19-46(29)3)41-33(50)28-15-21(17-45(28)2)39-31(48)26-13-20-12-24(4-5-25(20)42-26)47(10-7-35)11-8-36/h4-5,12-19,42,52H,6-11H2,1-3H3,(H2,37,43)(H,38,49)(H,39,48)(H,40,51)(H,41,50). The molecule has 1 aromatic carbocycles. The Morgan fingerprint density at radius 1 is 0.769 bits per heavy atom. The SMILES string of the molecule is Cn1cc(NC(=O)c2cc(NC(=O)c3cc(NC(=O)c4cc5cc(N(CCCl)CCCl)ccc5[nH]4)cn3C)cn2C)cc1C(=O)NCCC(N)=NO. The van der Waals surface area contributed by atoms with Crippen molar-refractivity contribution in [3.63, 3.8) is 0 Å². The van der Waals surface area contributed by atoms with Gasteiger partial charge in [0, 0.05) is 94.1 Å². The van der Waals surface area contributed by atoms with Gasteiger partial charge in [-0.25, -0.2) is 0 Å². The number of aromatic amines is 1. The summed E-state index contributed by atoms with van der Waals surface area (Å²) >= 11 is 11.9. The van der Waals surface area contributed by atoms with E-state index in [2.05, 4.69) is 36.3 Å². The van der Waals surface area contributed by atoms with Crippen molar-refractivity contribution in [3.05, 3.63) is 83.8 Å². The number of nitrogens with zero attached hydrogens (tertiary/aromatic N) is 5. The van der Waals surface area contributed by atoms with Gasteiger partial charge in [-0.3, -0.25) is 19.2 Å². The number of aromatic nitrogens is 4. The molecule has 4 amide bonds.